The summed E-state index contributed by atoms with van der Waals surface area (Å²) in [5.74, 6) is -0.996. The molecule has 0 bridgehead atoms. The highest BCUT2D eigenvalue weighted by molar-refractivity contribution is 5.56. The van der Waals surface area contributed by atoms with Crippen LogP contribution in [0.1, 0.15) is 19.4 Å². The summed E-state index contributed by atoms with van der Waals surface area (Å²) < 4.78 is 57.7. The molecule has 0 saturated carbocycles. The van der Waals surface area contributed by atoms with Crippen LogP contribution in [0.2, 0.25) is 0 Å². The summed E-state index contributed by atoms with van der Waals surface area (Å²) in [5, 5.41) is 0. The van der Waals surface area contributed by atoms with E-state index in [-0.39, 0.29) is 18.5 Å². The van der Waals surface area contributed by atoms with E-state index in [1.807, 2.05) is 13.8 Å². The first-order valence-corrected chi connectivity index (χ1v) is 7.25. The van der Waals surface area contributed by atoms with Crippen LogP contribution in [0, 0.1) is 11.7 Å². The van der Waals surface area contributed by atoms with Crippen LogP contribution in [0.4, 0.5) is 29.2 Å². The highest BCUT2D eigenvalue weighted by Crippen LogP contribution is 2.36. The van der Waals surface area contributed by atoms with Gasteiger partial charge in [-0.15, -0.1) is 0 Å². The van der Waals surface area contributed by atoms with Crippen molar-refractivity contribution in [3.8, 4) is 5.88 Å². The van der Waals surface area contributed by atoms with Crippen molar-refractivity contribution >= 4 is 11.6 Å². The molecule has 2 rings (SSSR count). The molecule has 0 spiro atoms. The number of nitrogens with zero attached hydrogens (tertiary/aromatic N) is 3. The van der Waals surface area contributed by atoms with Crippen molar-refractivity contribution in [3.05, 3.63) is 41.8 Å². The van der Waals surface area contributed by atoms with E-state index in [4.69, 9.17) is 4.74 Å². The number of halogens is 4. The highest BCUT2D eigenvalue weighted by atomic mass is 19.4. The van der Waals surface area contributed by atoms with Crippen molar-refractivity contribution in [2.45, 2.75) is 20.0 Å². The molecular formula is C16H17F4N3O. The van der Waals surface area contributed by atoms with Gasteiger partial charge in [-0.05, 0) is 24.1 Å². The van der Waals surface area contributed by atoms with Gasteiger partial charge in [0.25, 0.3) is 0 Å². The third-order valence-electron chi connectivity index (χ3n) is 3.10. The number of hydrogen-bond acceptors (Lipinski definition) is 4. The summed E-state index contributed by atoms with van der Waals surface area (Å²) in [6, 6.07) is 5.58. The Bertz CT molecular complexity index is 704. The molecule has 8 heteroatoms. The normalized spacial score (nSPS) is 11.7. The molecule has 1 aromatic heterocycles. The number of aromatic nitrogens is 2. The zero-order valence-corrected chi connectivity index (χ0v) is 13.4. The number of anilines is 2. The molecule has 0 atom stereocenters. The number of alkyl halides is 3. The van der Waals surface area contributed by atoms with Gasteiger partial charge in [0.15, 0.2) is 0 Å². The first kappa shape index (κ1) is 18.0. The Morgan fingerprint density at radius 3 is 2.54 bits per heavy atom. The summed E-state index contributed by atoms with van der Waals surface area (Å²) in [6.45, 7) is 3.71. The number of benzene rings is 1. The molecule has 0 fully saturated rings. The highest BCUT2D eigenvalue weighted by Gasteiger charge is 2.36. The predicted molar refractivity (Wildman–Crippen MR) is 81.8 cm³/mol. The van der Waals surface area contributed by atoms with E-state index in [0.717, 1.165) is 0 Å². The Labute approximate surface area is 137 Å². The Hall–Kier alpha value is -2.38. The van der Waals surface area contributed by atoms with Gasteiger partial charge in [0.05, 0.1) is 6.61 Å². The van der Waals surface area contributed by atoms with Gasteiger partial charge >= 0.3 is 6.18 Å². The third-order valence-corrected chi connectivity index (χ3v) is 3.10. The fourth-order valence-electron chi connectivity index (χ4n) is 1.87. The molecule has 0 amide bonds. The second-order valence-corrected chi connectivity index (χ2v) is 5.63. The number of rotatable bonds is 5. The molecule has 0 unspecified atom stereocenters. The van der Waals surface area contributed by atoms with Gasteiger partial charge in [0, 0.05) is 18.9 Å². The van der Waals surface area contributed by atoms with Crippen LogP contribution in [-0.4, -0.2) is 23.6 Å². The van der Waals surface area contributed by atoms with Crippen molar-refractivity contribution in [2.24, 2.45) is 5.92 Å². The van der Waals surface area contributed by atoms with Gasteiger partial charge in [-0.2, -0.15) is 18.2 Å². The summed E-state index contributed by atoms with van der Waals surface area (Å²) >= 11 is 0. The van der Waals surface area contributed by atoms with Gasteiger partial charge in [-0.1, -0.05) is 19.9 Å². The molecule has 1 heterocycles. The summed E-state index contributed by atoms with van der Waals surface area (Å²) in [4.78, 5) is 8.98. The second-order valence-electron chi connectivity index (χ2n) is 5.63. The standard InChI is InChI=1S/C16H17F4N3O/c1-10(2)9-24-14-13(16(18,19)20)8-21-15(22-14)23(3)12-6-4-5-11(17)7-12/h4-8,10H,9H2,1-3H3. The van der Waals surface area contributed by atoms with E-state index in [9.17, 15) is 17.6 Å². The smallest absolute Gasteiger partial charge is 0.423 e. The lowest BCUT2D eigenvalue weighted by Crippen LogP contribution is -2.18. The molecule has 2 aromatic rings. The zero-order chi connectivity index (χ0) is 17.9. The number of hydrogen-bond donors (Lipinski definition) is 0. The van der Waals surface area contributed by atoms with Crippen molar-refractivity contribution in [1.29, 1.82) is 0 Å². The second kappa shape index (κ2) is 7.02. The van der Waals surface area contributed by atoms with E-state index < -0.39 is 23.4 Å². The van der Waals surface area contributed by atoms with E-state index in [2.05, 4.69) is 9.97 Å². The monoisotopic (exact) mass is 343 g/mol. The van der Waals surface area contributed by atoms with Crippen molar-refractivity contribution < 1.29 is 22.3 Å². The topological polar surface area (TPSA) is 38.2 Å². The van der Waals surface area contributed by atoms with Crippen LogP contribution >= 0.6 is 0 Å². The molecule has 4 nitrogen and oxygen atoms in total. The minimum Gasteiger partial charge on any atom is -0.477 e. The SMILES string of the molecule is CC(C)COc1nc(N(C)c2cccc(F)c2)ncc1C(F)(F)F. The van der Waals surface area contributed by atoms with E-state index >= 15 is 0 Å². The molecule has 24 heavy (non-hydrogen) atoms. The molecule has 0 N–H and O–H groups in total. The third kappa shape index (κ3) is 4.33. The Morgan fingerprint density at radius 2 is 1.96 bits per heavy atom. The van der Waals surface area contributed by atoms with E-state index in [1.165, 1.54) is 30.1 Å². The molecule has 0 saturated heterocycles. The molecule has 1 aromatic carbocycles. The van der Waals surface area contributed by atoms with Gasteiger partial charge in [-0.3, -0.25) is 0 Å². The quantitative estimate of drug-likeness (QED) is 0.753. The van der Waals surface area contributed by atoms with Gasteiger partial charge in [0.1, 0.15) is 11.4 Å². The summed E-state index contributed by atoms with van der Waals surface area (Å²) in [6.07, 6.45) is -3.95. The lowest BCUT2D eigenvalue weighted by atomic mass is 10.2. The first-order valence-electron chi connectivity index (χ1n) is 7.25. The minimum atomic E-state index is -4.62. The summed E-state index contributed by atoms with van der Waals surface area (Å²) in [5.41, 5.74) is -0.635. The number of ether oxygens (including phenoxy) is 1. The molecular weight excluding hydrogens is 326 g/mol. The average Bonchev–Trinajstić information content (AvgIpc) is 2.51. The molecule has 0 aliphatic carbocycles. The van der Waals surface area contributed by atoms with Gasteiger partial charge in [0.2, 0.25) is 11.8 Å². The van der Waals surface area contributed by atoms with Crippen molar-refractivity contribution in [1.82, 2.24) is 9.97 Å². The van der Waals surface area contributed by atoms with Crippen LogP contribution in [-0.2, 0) is 6.18 Å². The maximum atomic E-state index is 13.3. The van der Waals surface area contributed by atoms with Crippen molar-refractivity contribution in [3.63, 3.8) is 0 Å². The maximum Gasteiger partial charge on any atom is 0.423 e. The Morgan fingerprint density at radius 1 is 1.25 bits per heavy atom. The molecule has 0 aliphatic heterocycles. The van der Waals surface area contributed by atoms with Gasteiger partial charge < -0.3 is 9.64 Å². The Balaban J connectivity index is 2.39. The fourth-order valence-corrected chi connectivity index (χ4v) is 1.87. The maximum absolute atomic E-state index is 13.3. The van der Waals surface area contributed by atoms with E-state index in [1.54, 1.807) is 6.07 Å². The molecule has 130 valence electrons. The van der Waals surface area contributed by atoms with Crippen LogP contribution in [0.15, 0.2) is 30.5 Å². The molecule has 0 radical (unpaired) electrons. The predicted octanol–water partition coefficient (Wildman–Crippen LogP) is 4.44. The minimum absolute atomic E-state index is 0.0210. The lowest BCUT2D eigenvalue weighted by molar-refractivity contribution is -0.139. The zero-order valence-electron chi connectivity index (χ0n) is 13.4. The van der Waals surface area contributed by atoms with E-state index in [0.29, 0.717) is 11.9 Å². The fraction of sp³-hybridized carbons (Fsp3) is 0.375. The van der Waals surface area contributed by atoms with Crippen LogP contribution in [0.5, 0.6) is 5.88 Å². The summed E-state index contributed by atoms with van der Waals surface area (Å²) in [7, 11) is 1.53. The largest absolute Gasteiger partial charge is 0.477 e. The van der Waals surface area contributed by atoms with Gasteiger partial charge in [-0.25, -0.2) is 9.37 Å². The van der Waals surface area contributed by atoms with Crippen LogP contribution in [0.25, 0.3) is 0 Å². The Kier molecular flexibility index (Phi) is 5.26. The molecule has 0 aliphatic rings. The average molecular weight is 343 g/mol. The lowest BCUT2D eigenvalue weighted by Gasteiger charge is -2.20. The van der Waals surface area contributed by atoms with Crippen LogP contribution < -0.4 is 9.64 Å². The van der Waals surface area contributed by atoms with Crippen LogP contribution in [0.3, 0.4) is 0 Å². The van der Waals surface area contributed by atoms with Crippen molar-refractivity contribution in [2.75, 3.05) is 18.6 Å². The first-order chi connectivity index (χ1) is 11.2.